The van der Waals surface area contributed by atoms with Gasteiger partial charge in [0.05, 0.1) is 0 Å². The summed E-state index contributed by atoms with van der Waals surface area (Å²) < 4.78 is 14.0. The molecule has 3 N–H and O–H groups in total. The third-order valence-electron chi connectivity index (χ3n) is 6.20. The Labute approximate surface area is 216 Å². The second-order valence-electron chi connectivity index (χ2n) is 8.45. The number of fused-ring (bicyclic) bond motifs is 2. The number of anilines is 1. The lowest BCUT2D eigenvalue weighted by molar-refractivity contribution is -0.140. The highest BCUT2D eigenvalue weighted by molar-refractivity contribution is 9.10. The molecular weight excluding hydrogens is 536 g/mol. The zero-order valence-electron chi connectivity index (χ0n) is 18.6. The summed E-state index contributed by atoms with van der Waals surface area (Å²) in [4.78, 5) is 28.1. The summed E-state index contributed by atoms with van der Waals surface area (Å²) in [6.45, 7) is 3.78. The Morgan fingerprint density at radius 3 is 2.71 bits per heavy atom. The molecule has 5 rings (SSSR count). The molecule has 0 aliphatic carbocycles. The monoisotopic (exact) mass is 564 g/mol. The summed E-state index contributed by atoms with van der Waals surface area (Å²) in [6, 6.07) is 3.83. The number of rotatable bonds is 6. The number of nitrogen functional groups attached to an aromatic ring is 1. The maximum atomic E-state index is 12.1. The molecule has 1 amide bonds. The first-order valence-electron chi connectivity index (χ1n) is 11.1. The number of aromatic nitrogens is 4. The van der Waals surface area contributed by atoms with Crippen LogP contribution in [0.25, 0.3) is 11.2 Å². The average Bonchev–Trinajstić information content (AvgIpc) is 3.42. The van der Waals surface area contributed by atoms with Crippen molar-refractivity contribution in [1.29, 1.82) is 0 Å². The summed E-state index contributed by atoms with van der Waals surface area (Å²) in [5, 5.41) is 10.3. The number of aliphatic hydroxyl groups is 1. The highest BCUT2D eigenvalue weighted by atomic mass is 79.9. The van der Waals surface area contributed by atoms with Gasteiger partial charge in [0.25, 0.3) is 5.91 Å². The van der Waals surface area contributed by atoms with E-state index in [1.54, 1.807) is 4.90 Å². The van der Waals surface area contributed by atoms with Gasteiger partial charge in [-0.15, -0.1) is 0 Å². The minimum Gasteiger partial charge on any atom is -0.454 e. The standard InChI is InChI=1S/C22H25BrN6O4S.CH4/c1-12(30)21(31)28-5-2-13(3-6-28)4-7-29-20-18(19(24)25-10-26-20)27-22(29)34-17-9-16-15(8-14(17)23)32-11-33-16;/h8-10,12-13,30H,2-7,11H2,1H3,(H2,24,25,26);1H4/t12-;/m0./s1. The summed E-state index contributed by atoms with van der Waals surface area (Å²) in [6.07, 6.45) is 3.23. The molecule has 0 radical (unpaired) electrons. The molecule has 188 valence electrons. The molecule has 10 nitrogen and oxygen atoms in total. The Balaban J connectivity index is 0.00000289. The second kappa shape index (κ2) is 10.6. The lowest BCUT2D eigenvalue weighted by atomic mass is 9.93. The molecule has 2 aromatic heterocycles. The first-order valence-corrected chi connectivity index (χ1v) is 12.7. The third kappa shape index (κ3) is 5.19. The maximum absolute atomic E-state index is 12.1. The predicted octanol–water partition coefficient (Wildman–Crippen LogP) is 3.70. The maximum Gasteiger partial charge on any atom is 0.251 e. The van der Waals surface area contributed by atoms with Crippen LogP contribution in [0.1, 0.15) is 33.6 Å². The molecule has 1 aromatic carbocycles. The fourth-order valence-corrected chi connectivity index (χ4v) is 5.82. The van der Waals surface area contributed by atoms with Crippen molar-refractivity contribution in [3.63, 3.8) is 0 Å². The molecule has 0 saturated carbocycles. The first kappa shape index (κ1) is 25.5. The number of carbonyl (C=O) groups excluding carboxylic acids is 1. The number of piperidine rings is 1. The van der Waals surface area contributed by atoms with Crippen LogP contribution >= 0.6 is 27.7 Å². The number of aryl methyl sites for hydroxylation is 1. The first-order chi connectivity index (χ1) is 16.4. The molecule has 0 spiro atoms. The molecule has 1 fully saturated rings. The van der Waals surface area contributed by atoms with Crippen LogP contribution in [-0.2, 0) is 11.3 Å². The van der Waals surface area contributed by atoms with Gasteiger partial charge in [0, 0.05) is 29.0 Å². The Morgan fingerprint density at radius 1 is 1.29 bits per heavy atom. The van der Waals surface area contributed by atoms with E-state index in [2.05, 4.69) is 30.5 Å². The SMILES string of the molecule is C.C[C@H](O)C(=O)N1CCC(CCn2c(Sc3cc4c(cc3Br)OCO4)nc3c(N)ncnc32)CC1. The summed E-state index contributed by atoms with van der Waals surface area (Å²) >= 11 is 5.12. The van der Waals surface area contributed by atoms with Gasteiger partial charge in [-0.1, -0.05) is 19.2 Å². The number of imidazole rings is 1. The molecule has 2 aliphatic heterocycles. The minimum atomic E-state index is -0.950. The van der Waals surface area contributed by atoms with E-state index < -0.39 is 6.10 Å². The zero-order chi connectivity index (χ0) is 23.8. The van der Waals surface area contributed by atoms with Gasteiger partial charge in [-0.3, -0.25) is 4.79 Å². The van der Waals surface area contributed by atoms with E-state index in [1.165, 1.54) is 25.0 Å². The largest absolute Gasteiger partial charge is 0.454 e. The van der Waals surface area contributed by atoms with Crippen LogP contribution in [0.3, 0.4) is 0 Å². The number of aliphatic hydroxyl groups excluding tert-OH is 1. The lowest BCUT2D eigenvalue weighted by Crippen LogP contribution is -2.43. The van der Waals surface area contributed by atoms with E-state index >= 15 is 0 Å². The molecule has 1 atom stereocenters. The molecule has 0 unspecified atom stereocenters. The van der Waals surface area contributed by atoms with Crippen LogP contribution in [0.2, 0.25) is 0 Å². The van der Waals surface area contributed by atoms with Crippen LogP contribution in [0.5, 0.6) is 11.5 Å². The fourth-order valence-electron chi connectivity index (χ4n) is 4.31. The number of benzene rings is 1. The molecule has 35 heavy (non-hydrogen) atoms. The third-order valence-corrected chi connectivity index (χ3v) is 8.17. The van der Waals surface area contributed by atoms with Crippen LogP contribution in [0.15, 0.2) is 33.0 Å². The molecule has 12 heteroatoms. The Morgan fingerprint density at radius 2 is 2.00 bits per heavy atom. The highest BCUT2D eigenvalue weighted by Gasteiger charge is 2.26. The van der Waals surface area contributed by atoms with Crippen molar-refractivity contribution < 1.29 is 19.4 Å². The number of likely N-dealkylation sites (tertiary alicyclic amines) is 1. The van der Waals surface area contributed by atoms with Crippen LogP contribution in [-0.4, -0.2) is 61.4 Å². The van der Waals surface area contributed by atoms with E-state index in [-0.39, 0.29) is 20.1 Å². The lowest BCUT2D eigenvalue weighted by Gasteiger charge is -2.32. The summed E-state index contributed by atoms with van der Waals surface area (Å²) in [5.41, 5.74) is 7.39. The van der Waals surface area contributed by atoms with Gasteiger partial charge < -0.3 is 29.8 Å². The summed E-state index contributed by atoms with van der Waals surface area (Å²) in [7, 11) is 0. The van der Waals surface area contributed by atoms with Crippen LogP contribution in [0.4, 0.5) is 5.82 Å². The van der Waals surface area contributed by atoms with Gasteiger partial charge in [-0.25, -0.2) is 15.0 Å². The smallest absolute Gasteiger partial charge is 0.251 e. The number of hydrogen-bond acceptors (Lipinski definition) is 9. The van der Waals surface area contributed by atoms with Crippen LogP contribution in [0, 0.1) is 5.92 Å². The molecule has 4 heterocycles. The number of hydrogen-bond donors (Lipinski definition) is 2. The van der Waals surface area contributed by atoms with E-state index in [4.69, 9.17) is 20.2 Å². The van der Waals surface area contributed by atoms with Gasteiger partial charge in [0.15, 0.2) is 33.6 Å². The zero-order valence-corrected chi connectivity index (χ0v) is 21.0. The molecule has 1 saturated heterocycles. The predicted molar refractivity (Wildman–Crippen MR) is 136 cm³/mol. The van der Waals surface area contributed by atoms with Crippen molar-refractivity contribution in [2.75, 3.05) is 25.6 Å². The van der Waals surface area contributed by atoms with Crippen molar-refractivity contribution >= 4 is 50.6 Å². The molecular formula is C23H29BrN6O4S. The molecule has 0 bridgehead atoms. The minimum absolute atomic E-state index is 0. The number of nitrogens with two attached hydrogens (primary N) is 1. The van der Waals surface area contributed by atoms with Gasteiger partial charge in [-0.05, 0) is 60.2 Å². The van der Waals surface area contributed by atoms with Crippen molar-refractivity contribution in [2.45, 2.75) is 56.3 Å². The van der Waals surface area contributed by atoms with Gasteiger partial charge in [0.1, 0.15) is 12.4 Å². The Kier molecular flexibility index (Phi) is 7.72. The van der Waals surface area contributed by atoms with Crippen molar-refractivity contribution in [3.8, 4) is 11.5 Å². The number of carbonyl (C=O) groups is 1. The van der Waals surface area contributed by atoms with Gasteiger partial charge in [-0.2, -0.15) is 0 Å². The van der Waals surface area contributed by atoms with Gasteiger partial charge >= 0.3 is 0 Å². The second-order valence-corrected chi connectivity index (χ2v) is 10.3. The Hall–Kier alpha value is -2.57. The van der Waals surface area contributed by atoms with Crippen LogP contribution < -0.4 is 15.2 Å². The van der Waals surface area contributed by atoms with E-state index in [0.717, 1.165) is 33.8 Å². The number of amides is 1. The van der Waals surface area contributed by atoms with E-state index in [0.29, 0.717) is 54.0 Å². The van der Waals surface area contributed by atoms with E-state index in [9.17, 15) is 9.90 Å². The number of nitrogens with zero attached hydrogens (tertiary/aromatic N) is 5. The van der Waals surface area contributed by atoms with Gasteiger partial charge in [0.2, 0.25) is 6.79 Å². The average molecular weight is 565 g/mol. The molecule has 3 aromatic rings. The van der Waals surface area contributed by atoms with Crippen molar-refractivity contribution in [2.24, 2.45) is 5.92 Å². The number of ether oxygens (including phenoxy) is 2. The topological polar surface area (TPSA) is 129 Å². The highest BCUT2D eigenvalue weighted by Crippen LogP contribution is 2.43. The summed E-state index contributed by atoms with van der Waals surface area (Å²) in [5.74, 6) is 2.02. The van der Waals surface area contributed by atoms with Crippen molar-refractivity contribution in [1.82, 2.24) is 24.4 Å². The quantitative estimate of drug-likeness (QED) is 0.460. The number of halogens is 1. The van der Waals surface area contributed by atoms with Crippen molar-refractivity contribution in [3.05, 3.63) is 22.9 Å². The Bertz CT molecular complexity index is 1230. The van der Waals surface area contributed by atoms with E-state index in [1.807, 2.05) is 12.1 Å². The normalized spacial score (nSPS) is 16.4. The fraction of sp³-hybridized carbons (Fsp3) is 0.478. The molecule has 2 aliphatic rings.